The molecule has 112 valence electrons. The number of hydrogen-bond donors (Lipinski definition) is 1. The van der Waals surface area contributed by atoms with Gasteiger partial charge in [-0.3, -0.25) is 0 Å². The van der Waals surface area contributed by atoms with Gasteiger partial charge in [-0.1, -0.05) is 12.1 Å². The predicted octanol–water partition coefficient (Wildman–Crippen LogP) is 2.74. The molecule has 0 atom stereocenters. The molecule has 20 heavy (non-hydrogen) atoms. The third-order valence-corrected chi connectivity index (χ3v) is 2.90. The molecule has 0 saturated heterocycles. The van der Waals surface area contributed by atoms with Gasteiger partial charge in [0.1, 0.15) is 5.75 Å². The molecule has 0 fully saturated rings. The van der Waals surface area contributed by atoms with Gasteiger partial charge in [0.25, 0.3) is 0 Å². The Balaban J connectivity index is 2.78. The maximum Gasteiger partial charge on any atom is 0.343 e. The van der Waals surface area contributed by atoms with Crippen molar-refractivity contribution in [3.05, 3.63) is 28.8 Å². The number of rotatable bonds is 5. The van der Waals surface area contributed by atoms with Crippen LogP contribution in [0.15, 0.2) is 12.1 Å². The van der Waals surface area contributed by atoms with Crippen LogP contribution < -0.4 is 10.1 Å². The zero-order valence-electron chi connectivity index (χ0n) is 13.3. The van der Waals surface area contributed by atoms with Crippen LogP contribution >= 0.6 is 0 Å². The molecule has 0 radical (unpaired) electrons. The Bertz CT molecular complexity index is 452. The molecule has 0 aromatic heterocycles. The zero-order valence-corrected chi connectivity index (χ0v) is 13.3. The van der Waals surface area contributed by atoms with E-state index >= 15 is 0 Å². The first kappa shape index (κ1) is 16.5. The Labute approximate surface area is 121 Å². The van der Waals surface area contributed by atoms with Crippen molar-refractivity contribution in [2.45, 2.75) is 46.7 Å². The van der Waals surface area contributed by atoms with Crippen LogP contribution in [0.3, 0.4) is 0 Å². The van der Waals surface area contributed by atoms with Crippen molar-refractivity contribution < 1.29 is 14.3 Å². The zero-order chi connectivity index (χ0) is 15.3. The van der Waals surface area contributed by atoms with Crippen molar-refractivity contribution in [2.75, 3.05) is 13.7 Å². The lowest BCUT2D eigenvalue weighted by molar-refractivity contribution is -0.142. The molecular formula is C16H25NO3. The Morgan fingerprint density at radius 1 is 1.20 bits per heavy atom. The van der Waals surface area contributed by atoms with Gasteiger partial charge in [-0.15, -0.1) is 0 Å². The minimum absolute atomic E-state index is 0.0578. The number of carbonyl (C=O) groups is 1. The molecular weight excluding hydrogens is 254 g/mol. The number of nitrogens with one attached hydrogen (secondary N) is 1. The summed E-state index contributed by atoms with van der Waals surface area (Å²) >= 11 is 0. The summed E-state index contributed by atoms with van der Waals surface area (Å²) in [5.41, 5.74) is 3.35. The fourth-order valence-corrected chi connectivity index (χ4v) is 1.93. The summed E-state index contributed by atoms with van der Waals surface area (Å²) in [4.78, 5) is 11.1. The second-order valence-corrected chi connectivity index (χ2v) is 6.03. The van der Waals surface area contributed by atoms with Gasteiger partial charge >= 0.3 is 5.97 Å². The molecule has 0 aliphatic heterocycles. The summed E-state index contributed by atoms with van der Waals surface area (Å²) in [5.74, 6) is 0.386. The minimum atomic E-state index is -0.373. The highest BCUT2D eigenvalue weighted by Gasteiger charge is 2.12. The van der Waals surface area contributed by atoms with Gasteiger partial charge in [-0.05, 0) is 51.3 Å². The predicted molar refractivity (Wildman–Crippen MR) is 80.0 cm³/mol. The molecule has 1 aromatic rings. The average molecular weight is 279 g/mol. The lowest BCUT2D eigenvalue weighted by Gasteiger charge is -2.21. The van der Waals surface area contributed by atoms with Crippen LogP contribution in [0.4, 0.5) is 0 Å². The second-order valence-electron chi connectivity index (χ2n) is 6.03. The number of benzene rings is 1. The Morgan fingerprint density at radius 3 is 2.20 bits per heavy atom. The van der Waals surface area contributed by atoms with Gasteiger partial charge < -0.3 is 14.8 Å². The first-order valence-corrected chi connectivity index (χ1v) is 6.77. The van der Waals surface area contributed by atoms with E-state index in [9.17, 15) is 4.79 Å². The van der Waals surface area contributed by atoms with E-state index < -0.39 is 0 Å². The quantitative estimate of drug-likeness (QED) is 0.842. The van der Waals surface area contributed by atoms with Gasteiger partial charge in [0.15, 0.2) is 6.61 Å². The second kappa shape index (κ2) is 6.75. The molecule has 0 bridgehead atoms. The maximum atomic E-state index is 11.1. The topological polar surface area (TPSA) is 47.6 Å². The molecule has 4 heteroatoms. The molecule has 0 heterocycles. The van der Waals surface area contributed by atoms with E-state index in [0.717, 1.165) is 23.4 Å². The highest BCUT2D eigenvalue weighted by molar-refractivity contribution is 5.71. The smallest absolute Gasteiger partial charge is 0.343 e. The summed E-state index contributed by atoms with van der Waals surface area (Å²) in [5, 5.41) is 3.46. The number of aryl methyl sites for hydroxylation is 2. The largest absolute Gasteiger partial charge is 0.481 e. The standard InChI is InChI=1S/C16H25NO3/c1-11-7-13(9-17-16(3,4)5)8-12(2)15(11)20-10-14(18)19-6/h7-8,17H,9-10H2,1-6H3. The van der Waals surface area contributed by atoms with Crippen LogP contribution in [-0.4, -0.2) is 25.2 Å². The molecule has 0 aliphatic rings. The van der Waals surface area contributed by atoms with E-state index in [1.54, 1.807) is 0 Å². The van der Waals surface area contributed by atoms with Crippen LogP contribution in [0, 0.1) is 13.8 Å². The van der Waals surface area contributed by atoms with Crippen molar-refractivity contribution in [1.82, 2.24) is 5.32 Å². The van der Waals surface area contributed by atoms with Gasteiger partial charge in [-0.25, -0.2) is 4.79 Å². The molecule has 0 saturated carbocycles. The van der Waals surface area contributed by atoms with Crippen molar-refractivity contribution >= 4 is 5.97 Å². The van der Waals surface area contributed by atoms with Crippen molar-refractivity contribution in [2.24, 2.45) is 0 Å². The van der Waals surface area contributed by atoms with E-state index in [4.69, 9.17) is 4.74 Å². The van der Waals surface area contributed by atoms with Crippen molar-refractivity contribution in [3.63, 3.8) is 0 Å². The number of esters is 1. The van der Waals surface area contributed by atoms with E-state index in [-0.39, 0.29) is 18.1 Å². The summed E-state index contributed by atoms with van der Waals surface area (Å²) in [7, 11) is 1.35. The number of carbonyl (C=O) groups excluding carboxylic acids is 1. The maximum absolute atomic E-state index is 11.1. The molecule has 0 spiro atoms. The minimum Gasteiger partial charge on any atom is -0.481 e. The normalized spacial score (nSPS) is 11.3. The Kier molecular flexibility index (Phi) is 5.57. The Hall–Kier alpha value is -1.55. The van der Waals surface area contributed by atoms with E-state index in [2.05, 4.69) is 43.0 Å². The SMILES string of the molecule is COC(=O)COc1c(C)cc(CNC(C)(C)C)cc1C. The van der Waals surface area contributed by atoms with Gasteiger partial charge in [0, 0.05) is 12.1 Å². The van der Waals surface area contributed by atoms with Crippen LogP contribution in [0.1, 0.15) is 37.5 Å². The third-order valence-electron chi connectivity index (χ3n) is 2.90. The molecule has 0 amide bonds. The highest BCUT2D eigenvalue weighted by atomic mass is 16.6. The number of methoxy groups -OCH3 is 1. The highest BCUT2D eigenvalue weighted by Crippen LogP contribution is 2.25. The van der Waals surface area contributed by atoms with Crippen molar-refractivity contribution in [3.8, 4) is 5.75 Å². The van der Waals surface area contributed by atoms with Crippen LogP contribution in [0.25, 0.3) is 0 Å². The Morgan fingerprint density at radius 2 is 1.75 bits per heavy atom. The van der Waals surface area contributed by atoms with E-state index in [0.29, 0.717) is 0 Å². The van der Waals surface area contributed by atoms with Crippen molar-refractivity contribution in [1.29, 1.82) is 0 Å². The van der Waals surface area contributed by atoms with Crippen LogP contribution in [0.5, 0.6) is 5.75 Å². The average Bonchev–Trinajstić information content (AvgIpc) is 2.34. The van der Waals surface area contributed by atoms with E-state index in [1.807, 2.05) is 13.8 Å². The third kappa shape index (κ3) is 5.21. The number of hydrogen-bond acceptors (Lipinski definition) is 4. The van der Waals surface area contributed by atoms with Gasteiger partial charge in [-0.2, -0.15) is 0 Å². The summed E-state index contributed by atoms with van der Waals surface area (Å²) in [6.45, 7) is 11.1. The van der Waals surface area contributed by atoms with Gasteiger partial charge in [0.2, 0.25) is 0 Å². The van der Waals surface area contributed by atoms with Gasteiger partial charge in [0.05, 0.1) is 7.11 Å². The van der Waals surface area contributed by atoms with Crippen LogP contribution in [-0.2, 0) is 16.1 Å². The molecule has 1 rings (SSSR count). The fraction of sp³-hybridized carbons (Fsp3) is 0.562. The monoisotopic (exact) mass is 279 g/mol. The molecule has 1 N–H and O–H groups in total. The molecule has 1 aromatic carbocycles. The first-order chi connectivity index (χ1) is 9.23. The molecule has 4 nitrogen and oxygen atoms in total. The molecule has 0 unspecified atom stereocenters. The first-order valence-electron chi connectivity index (χ1n) is 6.77. The summed E-state index contributed by atoms with van der Waals surface area (Å²) in [6, 6.07) is 4.16. The molecule has 0 aliphatic carbocycles. The summed E-state index contributed by atoms with van der Waals surface area (Å²) < 4.78 is 10.1. The lowest BCUT2D eigenvalue weighted by Crippen LogP contribution is -2.35. The van der Waals surface area contributed by atoms with Crippen LogP contribution in [0.2, 0.25) is 0 Å². The lowest BCUT2D eigenvalue weighted by atomic mass is 10.0. The summed E-state index contributed by atoms with van der Waals surface area (Å²) in [6.07, 6.45) is 0. The number of ether oxygens (including phenoxy) is 2. The fourth-order valence-electron chi connectivity index (χ4n) is 1.93. The van der Waals surface area contributed by atoms with E-state index in [1.165, 1.54) is 12.7 Å².